The number of rotatable bonds is 7. The molecule has 1 aromatic carbocycles. The maximum Gasteiger partial charge on any atom is 0.0740 e. The van der Waals surface area contributed by atoms with Gasteiger partial charge in [0.25, 0.3) is 0 Å². The van der Waals surface area contributed by atoms with Crippen molar-refractivity contribution in [2.75, 3.05) is 7.11 Å². The third-order valence-corrected chi connectivity index (χ3v) is 4.16. The molecule has 0 spiro atoms. The number of hydrogen-bond acceptors (Lipinski definition) is 3. The van der Waals surface area contributed by atoms with Gasteiger partial charge in [0.1, 0.15) is 0 Å². The van der Waals surface area contributed by atoms with Crippen LogP contribution in [0.15, 0.2) is 18.2 Å². The molecule has 0 amide bonds. The molecule has 2 rings (SSSR count). The van der Waals surface area contributed by atoms with E-state index in [0.29, 0.717) is 0 Å². The summed E-state index contributed by atoms with van der Waals surface area (Å²) in [4.78, 5) is 0. The van der Waals surface area contributed by atoms with Gasteiger partial charge in [-0.2, -0.15) is 0 Å². The number of hydrazine groups is 1. The van der Waals surface area contributed by atoms with Crippen molar-refractivity contribution in [1.82, 2.24) is 5.43 Å². The highest BCUT2D eigenvalue weighted by Gasteiger charge is 2.20. The molecule has 0 saturated heterocycles. The van der Waals surface area contributed by atoms with Gasteiger partial charge in [0, 0.05) is 7.11 Å². The van der Waals surface area contributed by atoms with E-state index >= 15 is 0 Å². The topological polar surface area (TPSA) is 47.3 Å². The lowest BCUT2D eigenvalue weighted by Crippen LogP contribution is -2.46. The Bertz CT molecular complexity index is 406. The molecule has 0 bridgehead atoms. The Balaban J connectivity index is 2.05. The third kappa shape index (κ3) is 3.56. The van der Waals surface area contributed by atoms with E-state index in [9.17, 15) is 0 Å². The van der Waals surface area contributed by atoms with Gasteiger partial charge in [0.15, 0.2) is 0 Å². The predicted octanol–water partition coefficient (Wildman–Crippen LogP) is 2.36. The zero-order valence-corrected chi connectivity index (χ0v) is 12.1. The van der Waals surface area contributed by atoms with Crippen LogP contribution in [0.4, 0.5) is 0 Å². The minimum atomic E-state index is 0.184. The first kappa shape index (κ1) is 14.5. The van der Waals surface area contributed by atoms with Crippen molar-refractivity contribution in [1.29, 1.82) is 0 Å². The van der Waals surface area contributed by atoms with Gasteiger partial charge in [-0.15, -0.1) is 0 Å². The molecule has 0 fully saturated rings. The summed E-state index contributed by atoms with van der Waals surface area (Å²) in [6, 6.07) is 7.06. The monoisotopic (exact) mass is 262 g/mol. The van der Waals surface area contributed by atoms with Crippen LogP contribution in [0.5, 0.6) is 0 Å². The van der Waals surface area contributed by atoms with Crippen molar-refractivity contribution in [2.45, 2.75) is 57.6 Å². The lowest BCUT2D eigenvalue weighted by Gasteiger charge is -2.25. The van der Waals surface area contributed by atoms with Gasteiger partial charge in [-0.05, 0) is 48.8 Å². The fourth-order valence-electron chi connectivity index (χ4n) is 3.07. The van der Waals surface area contributed by atoms with E-state index in [4.69, 9.17) is 10.6 Å². The number of benzene rings is 1. The molecule has 1 aliphatic carbocycles. The van der Waals surface area contributed by atoms with Crippen LogP contribution < -0.4 is 11.3 Å². The smallest absolute Gasteiger partial charge is 0.0740 e. The Morgan fingerprint density at radius 1 is 1.32 bits per heavy atom. The molecule has 19 heavy (non-hydrogen) atoms. The van der Waals surface area contributed by atoms with Crippen LogP contribution in [0.25, 0.3) is 0 Å². The Hall–Kier alpha value is -0.900. The van der Waals surface area contributed by atoms with Crippen molar-refractivity contribution in [3.05, 3.63) is 34.9 Å². The lowest BCUT2D eigenvalue weighted by molar-refractivity contribution is 0.0609. The van der Waals surface area contributed by atoms with E-state index in [-0.39, 0.29) is 12.1 Å². The predicted molar refractivity (Wildman–Crippen MR) is 79.0 cm³/mol. The number of nitrogens with one attached hydrogen (secondary N) is 1. The molecule has 2 atom stereocenters. The Kier molecular flexibility index (Phi) is 5.37. The Morgan fingerprint density at radius 3 is 2.79 bits per heavy atom. The van der Waals surface area contributed by atoms with Crippen molar-refractivity contribution in [2.24, 2.45) is 5.84 Å². The molecule has 0 radical (unpaired) electrons. The van der Waals surface area contributed by atoms with Gasteiger partial charge in [-0.1, -0.05) is 31.5 Å². The molecule has 2 unspecified atom stereocenters. The van der Waals surface area contributed by atoms with Gasteiger partial charge < -0.3 is 4.74 Å². The van der Waals surface area contributed by atoms with Crippen molar-refractivity contribution < 1.29 is 4.74 Å². The molecule has 3 N–H and O–H groups in total. The van der Waals surface area contributed by atoms with Crippen LogP contribution >= 0.6 is 0 Å². The van der Waals surface area contributed by atoms with E-state index in [0.717, 1.165) is 19.3 Å². The second-order valence-corrected chi connectivity index (χ2v) is 5.50. The maximum atomic E-state index is 5.71. The average molecular weight is 262 g/mol. The van der Waals surface area contributed by atoms with E-state index in [1.165, 1.54) is 36.0 Å². The van der Waals surface area contributed by atoms with E-state index in [2.05, 4.69) is 30.5 Å². The number of fused-ring (bicyclic) bond motifs is 1. The number of methoxy groups -OCH3 is 1. The maximum absolute atomic E-state index is 5.71. The molecule has 0 aliphatic heterocycles. The fourth-order valence-corrected chi connectivity index (χ4v) is 3.07. The molecule has 0 heterocycles. The number of aryl methyl sites for hydroxylation is 2. The van der Waals surface area contributed by atoms with Gasteiger partial charge in [-0.25, -0.2) is 0 Å². The van der Waals surface area contributed by atoms with Crippen molar-refractivity contribution in [3.63, 3.8) is 0 Å². The minimum absolute atomic E-state index is 0.184. The van der Waals surface area contributed by atoms with Crippen molar-refractivity contribution >= 4 is 0 Å². The minimum Gasteiger partial charge on any atom is -0.380 e. The number of hydrogen-bond donors (Lipinski definition) is 2. The molecular formula is C16H26N2O. The quantitative estimate of drug-likeness (QED) is 0.586. The first-order valence-corrected chi connectivity index (χ1v) is 7.38. The van der Waals surface area contributed by atoms with Crippen LogP contribution in [0.1, 0.15) is 42.9 Å². The normalized spacial score (nSPS) is 17.2. The molecule has 3 heteroatoms. The van der Waals surface area contributed by atoms with E-state index in [1.54, 1.807) is 7.11 Å². The van der Waals surface area contributed by atoms with Crippen LogP contribution in [0.2, 0.25) is 0 Å². The van der Waals surface area contributed by atoms with Gasteiger partial charge in [-0.3, -0.25) is 11.3 Å². The Labute approximate surface area is 116 Å². The second-order valence-electron chi connectivity index (χ2n) is 5.50. The van der Waals surface area contributed by atoms with Gasteiger partial charge in [0.2, 0.25) is 0 Å². The summed E-state index contributed by atoms with van der Waals surface area (Å²) in [7, 11) is 1.77. The zero-order chi connectivity index (χ0) is 13.7. The zero-order valence-electron chi connectivity index (χ0n) is 12.1. The van der Waals surface area contributed by atoms with Gasteiger partial charge in [0.05, 0.1) is 12.1 Å². The first-order chi connectivity index (χ1) is 9.28. The standard InChI is InChI=1S/C16H26N2O/c1-3-5-16(19-2)15(18-17)11-12-8-9-13-6-4-7-14(13)10-12/h8-10,15-16,18H,3-7,11,17H2,1-2H3. The number of nitrogens with two attached hydrogens (primary N) is 1. The molecule has 0 saturated carbocycles. The molecule has 1 aromatic rings. The summed E-state index contributed by atoms with van der Waals surface area (Å²) in [5, 5.41) is 0. The highest BCUT2D eigenvalue weighted by molar-refractivity contribution is 5.35. The first-order valence-electron chi connectivity index (χ1n) is 7.38. The van der Waals surface area contributed by atoms with Crippen LogP contribution in [0.3, 0.4) is 0 Å². The fraction of sp³-hybridized carbons (Fsp3) is 0.625. The van der Waals surface area contributed by atoms with Crippen LogP contribution in [-0.2, 0) is 24.0 Å². The highest BCUT2D eigenvalue weighted by atomic mass is 16.5. The Morgan fingerprint density at radius 2 is 2.11 bits per heavy atom. The summed E-state index contributed by atoms with van der Waals surface area (Å²) in [5.41, 5.74) is 7.34. The van der Waals surface area contributed by atoms with Gasteiger partial charge >= 0.3 is 0 Å². The van der Waals surface area contributed by atoms with E-state index < -0.39 is 0 Å². The molecule has 1 aliphatic rings. The van der Waals surface area contributed by atoms with Crippen LogP contribution in [0, 0.1) is 0 Å². The third-order valence-electron chi connectivity index (χ3n) is 4.16. The summed E-state index contributed by atoms with van der Waals surface area (Å²) in [5.74, 6) is 5.71. The largest absolute Gasteiger partial charge is 0.380 e. The molecule has 3 nitrogen and oxygen atoms in total. The van der Waals surface area contributed by atoms with Crippen molar-refractivity contribution in [3.8, 4) is 0 Å². The summed E-state index contributed by atoms with van der Waals surface area (Å²) < 4.78 is 5.57. The molecular weight excluding hydrogens is 236 g/mol. The summed E-state index contributed by atoms with van der Waals surface area (Å²) >= 11 is 0. The van der Waals surface area contributed by atoms with Crippen LogP contribution in [-0.4, -0.2) is 19.3 Å². The summed E-state index contributed by atoms with van der Waals surface area (Å²) in [6.07, 6.45) is 7.04. The summed E-state index contributed by atoms with van der Waals surface area (Å²) in [6.45, 7) is 2.18. The molecule has 0 aromatic heterocycles. The number of ether oxygens (including phenoxy) is 1. The SMILES string of the molecule is CCCC(OC)C(Cc1ccc2c(c1)CCC2)NN. The van der Waals surface area contributed by atoms with E-state index in [1.807, 2.05) is 0 Å². The average Bonchev–Trinajstić information content (AvgIpc) is 2.90. The molecule has 106 valence electrons. The highest BCUT2D eigenvalue weighted by Crippen LogP contribution is 2.24. The lowest BCUT2D eigenvalue weighted by atomic mass is 9.96. The second kappa shape index (κ2) is 7.04.